The van der Waals surface area contributed by atoms with Crippen molar-refractivity contribution in [1.82, 2.24) is 10.2 Å². The van der Waals surface area contributed by atoms with E-state index in [1.54, 1.807) is 0 Å². The highest BCUT2D eigenvalue weighted by molar-refractivity contribution is 5.07. The SMILES string of the molecule is CC(C)(C)NCc1ccc(CN2CCOC(C)(C)C2)o1. The van der Waals surface area contributed by atoms with E-state index < -0.39 is 0 Å². The van der Waals surface area contributed by atoms with Crippen LogP contribution in [0.25, 0.3) is 0 Å². The minimum absolute atomic E-state index is 0.0541. The summed E-state index contributed by atoms with van der Waals surface area (Å²) in [6.45, 7) is 15.1. The molecule has 2 rings (SSSR count). The maximum absolute atomic E-state index is 5.90. The Hall–Kier alpha value is -0.840. The van der Waals surface area contributed by atoms with E-state index in [1.165, 1.54) is 0 Å². The molecule has 1 aliphatic heterocycles. The molecule has 0 radical (unpaired) electrons. The van der Waals surface area contributed by atoms with Crippen molar-refractivity contribution in [2.45, 2.75) is 58.8 Å². The lowest BCUT2D eigenvalue weighted by Gasteiger charge is -2.37. The molecule has 0 aromatic carbocycles. The van der Waals surface area contributed by atoms with Crippen molar-refractivity contribution in [3.8, 4) is 0 Å². The van der Waals surface area contributed by atoms with Gasteiger partial charge in [-0.1, -0.05) is 0 Å². The minimum Gasteiger partial charge on any atom is -0.463 e. The molecule has 1 saturated heterocycles. The molecule has 1 fully saturated rings. The summed E-state index contributed by atoms with van der Waals surface area (Å²) >= 11 is 0. The molecule has 0 atom stereocenters. The van der Waals surface area contributed by atoms with Crippen LogP contribution >= 0.6 is 0 Å². The average molecular weight is 280 g/mol. The highest BCUT2D eigenvalue weighted by atomic mass is 16.5. The highest BCUT2D eigenvalue weighted by Gasteiger charge is 2.27. The van der Waals surface area contributed by atoms with Crippen molar-refractivity contribution in [1.29, 1.82) is 0 Å². The molecule has 1 aliphatic rings. The zero-order valence-corrected chi connectivity index (χ0v) is 13.5. The van der Waals surface area contributed by atoms with Gasteiger partial charge in [0.15, 0.2) is 0 Å². The molecular formula is C16H28N2O2. The van der Waals surface area contributed by atoms with Gasteiger partial charge in [-0.3, -0.25) is 4.90 Å². The molecule has 0 unspecified atom stereocenters. The second kappa shape index (κ2) is 5.88. The average Bonchev–Trinajstić information content (AvgIpc) is 2.72. The normalized spacial score (nSPS) is 20.2. The molecule has 0 amide bonds. The van der Waals surface area contributed by atoms with Crippen molar-refractivity contribution < 1.29 is 9.15 Å². The number of hydrogen-bond acceptors (Lipinski definition) is 4. The summed E-state index contributed by atoms with van der Waals surface area (Å²) in [5, 5.41) is 3.44. The smallest absolute Gasteiger partial charge is 0.118 e. The lowest BCUT2D eigenvalue weighted by molar-refractivity contribution is -0.0894. The summed E-state index contributed by atoms with van der Waals surface area (Å²) in [6.07, 6.45) is 0. The van der Waals surface area contributed by atoms with Crippen molar-refractivity contribution in [2.24, 2.45) is 0 Å². The van der Waals surface area contributed by atoms with E-state index in [2.05, 4.69) is 57.0 Å². The predicted octanol–water partition coefficient (Wildman–Crippen LogP) is 2.78. The fraction of sp³-hybridized carbons (Fsp3) is 0.750. The molecule has 0 bridgehead atoms. The molecule has 2 heterocycles. The first kappa shape index (κ1) is 15.5. The van der Waals surface area contributed by atoms with Crippen LogP contribution in [-0.4, -0.2) is 35.7 Å². The van der Waals surface area contributed by atoms with Crippen LogP contribution in [-0.2, 0) is 17.8 Å². The quantitative estimate of drug-likeness (QED) is 0.920. The first-order chi connectivity index (χ1) is 9.23. The Bertz CT molecular complexity index is 432. The largest absolute Gasteiger partial charge is 0.463 e. The Morgan fingerprint density at radius 2 is 1.95 bits per heavy atom. The van der Waals surface area contributed by atoms with Crippen LogP contribution in [0.5, 0.6) is 0 Å². The van der Waals surface area contributed by atoms with Crippen LogP contribution in [0.15, 0.2) is 16.5 Å². The lowest BCUT2D eigenvalue weighted by atomic mass is 10.1. The van der Waals surface area contributed by atoms with Crippen molar-refractivity contribution in [3.05, 3.63) is 23.7 Å². The third-order valence-electron chi connectivity index (χ3n) is 3.39. The van der Waals surface area contributed by atoms with Gasteiger partial charge in [0, 0.05) is 18.6 Å². The van der Waals surface area contributed by atoms with Crippen LogP contribution in [0, 0.1) is 0 Å². The van der Waals surface area contributed by atoms with Gasteiger partial charge in [0.05, 0.1) is 25.3 Å². The number of rotatable bonds is 4. The molecule has 20 heavy (non-hydrogen) atoms. The topological polar surface area (TPSA) is 37.6 Å². The van der Waals surface area contributed by atoms with Gasteiger partial charge in [0.25, 0.3) is 0 Å². The Morgan fingerprint density at radius 3 is 2.60 bits per heavy atom. The molecule has 114 valence electrons. The Kier molecular flexibility index (Phi) is 4.57. The molecule has 1 aromatic rings. The molecule has 0 aliphatic carbocycles. The maximum Gasteiger partial charge on any atom is 0.118 e. The van der Waals surface area contributed by atoms with E-state index in [4.69, 9.17) is 9.15 Å². The fourth-order valence-corrected chi connectivity index (χ4v) is 2.42. The van der Waals surface area contributed by atoms with Crippen LogP contribution in [0.2, 0.25) is 0 Å². The van der Waals surface area contributed by atoms with Gasteiger partial charge in [0.2, 0.25) is 0 Å². The highest BCUT2D eigenvalue weighted by Crippen LogP contribution is 2.19. The first-order valence-corrected chi connectivity index (χ1v) is 7.42. The number of furan rings is 1. The van der Waals surface area contributed by atoms with Crippen molar-refractivity contribution in [3.63, 3.8) is 0 Å². The second-order valence-electron chi connectivity index (χ2n) is 7.29. The van der Waals surface area contributed by atoms with Gasteiger partial charge in [-0.15, -0.1) is 0 Å². The summed E-state index contributed by atoms with van der Waals surface area (Å²) in [7, 11) is 0. The van der Waals surface area contributed by atoms with Crippen molar-refractivity contribution >= 4 is 0 Å². The molecule has 0 spiro atoms. The molecule has 4 nitrogen and oxygen atoms in total. The Labute approximate surface area is 122 Å². The number of ether oxygens (including phenoxy) is 1. The second-order valence-corrected chi connectivity index (χ2v) is 7.29. The zero-order valence-electron chi connectivity index (χ0n) is 13.5. The van der Waals surface area contributed by atoms with E-state index in [0.717, 1.165) is 44.3 Å². The Morgan fingerprint density at radius 1 is 1.25 bits per heavy atom. The third kappa shape index (κ3) is 4.93. The summed E-state index contributed by atoms with van der Waals surface area (Å²) in [4.78, 5) is 2.39. The van der Waals surface area contributed by atoms with Gasteiger partial charge in [-0.2, -0.15) is 0 Å². The van der Waals surface area contributed by atoms with E-state index in [9.17, 15) is 0 Å². The fourth-order valence-electron chi connectivity index (χ4n) is 2.42. The zero-order chi connectivity index (χ0) is 14.8. The van der Waals surface area contributed by atoms with Gasteiger partial charge in [0.1, 0.15) is 11.5 Å². The molecule has 1 N–H and O–H groups in total. The number of morpholine rings is 1. The van der Waals surface area contributed by atoms with E-state index in [1.807, 2.05) is 0 Å². The van der Waals surface area contributed by atoms with Gasteiger partial charge in [-0.05, 0) is 46.8 Å². The predicted molar refractivity (Wildman–Crippen MR) is 80.6 cm³/mol. The lowest BCUT2D eigenvalue weighted by Crippen LogP contribution is -2.47. The van der Waals surface area contributed by atoms with E-state index >= 15 is 0 Å². The van der Waals surface area contributed by atoms with Crippen LogP contribution in [0.4, 0.5) is 0 Å². The first-order valence-electron chi connectivity index (χ1n) is 7.42. The molecule has 4 heteroatoms. The van der Waals surface area contributed by atoms with Gasteiger partial charge in [-0.25, -0.2) is 0 Å². The van der Waals surface area contributed by atoms with Gasteiger partial charge >= 0.3 is 0 Å². The van der Waals surface area contributed by atoms with Gasteiger partial charge < -0.3 is 14.5 Å². The minimum atomic E-state index is -0.0541. The van der Waals surface area contributed by atoms with E-state index in [-0.39, 0.29) is 11.1 Å². The molecule has 0 saturated carbocycles. The number of nitrogens with one attached hydrogen (secondary N) is 1. The van der Waals surface area contributed by atoms with Crippen LogP contribution in [0.3, 0.4) is 0 Å². The summed E-state index contributed by atoms with van der Waals surface area (Å²) in [6, 6.07) is 4.15. The standard InChI is InChI=1S/C16H28N2O2/c1-15(2,3)17-10-13-6-7-14(20-13)11-18-8-9-19-16(4,5)12-18/h6-7,17H,8-12H2,1-5H3. The summed E-state index contributed by atoms with van der Waals surface area (Å²) in [5.74, 6) is 2.04. The van der Waals surface area contributed by atoms with Crippen LogP contribution < -0.4 is 5.32 Å². The molecule has 1 aromatic heterocycles. The summed E-state index contributed by atoms with van der Waals surface area (Å²) < 4.78 is 11.6. The maximum atomic E-state index is 5.90. The van der Waals surface area contributed by atoms with Crippen molar-refractivity contribution in [2.75, 3.05) is 19.7 Å². The van der Waals surface area contributed by atoms with Crippen LogP contribution in [0.1, 0.15) is 46.1 Å². The monoisotopic (exact) mass is 280 g/mol. The summed E-state index contributed by atoms with van der Waals surface area (Å²) in [5.41, 5.74) is 0.0582. The Balaban J connectivity index is 1.86. The molecular weight excluding hydrogens is 252 g/mol. The third-order valence-corrected chi connectivity index (χ3v) is 3.39. The number of nitrogens with zero attached hydrogens (tertiary/aromatic N) is 1. The number of hydrogen-bond donors (Lipinski definition) is 1. The van der Waals surface area contributed by atoms with E-state index in [0.29, 0.717) is 0 Å².